The van der Waals surface area contributed by atoms with Gasteiger partial charge in [-0.2, -0.15) is 0 Å². The Hall–Kier alpha value is -1.29. The van der Waals surface area contributed by atoms with Crippen molar-refractivity contribution in [1.29, 1.82) is 0 Å². The van der Waals surface area contributed by atoms with Crippen LogP contribution >= 0.6 is 20.2 Å². The first-order valence-corrected chi connectivity index (χ1v) is 13.3. The van der Waals surface area contributed by atoms with Gasteiger partial charge in [-0.3, -0.25) is 4.79 Å². The Morgan fingerprint density at radius 3 is 1.81 bits per heavy atom. The minimum Gasteiger partial charge on any atom is -1.00 e. The van der Waals surface area contributed by atoms with E-state index in [2.05, 4.69) is 0 Å². The quantitative estimate of drug-likeness (QED) is 0.165. The summed E-state index contributed by atoms with van der Waals surface area (Å²) in [7, 11) is -0.266. The second-order valence-electron chi connectivity index (χ2n) is 7.32. The van der Waals surface area contributed by atoms with E-state index >= 15 is 0 Å². The van der Waals surface area contributed by atoms with Crippen molar-refractivity contribution in [3.8, 4) is 17.2 Å². The molecule has 7 nitrogen and oxygen atoms in total. The van der Waals surface area contributed by atoms with Gasteiger partial charge in [-0.05, 0) is 47.9 Å². The molecular formula is C26H37ClLiO7P. The summed E-state index contributed by atoms with van der Waals surface area (Å²) < 4.78 is 34.2. The van der Waals surface area contributed by atoms with Gasteiger partial charge in [0.15, 0.2) is 5.52 Å². The Labute approximate surface area is 234 Å². The fourth-order valence-corrected chi connectivity index (χ4v) is 4.77. The number of aryl methyl sites for hydroxylation is 1. The van der Waals surface area contributed by atoms with E-state index < -0.39 is 0 Å². The fourth-order valence-electron chi connectivity index (χ4n) is 3.17. The predicted octanol–water partition coefficient (Wildman–Crippen LogP) is 2.16. The molecule has 0 aliphatic heterocycles. The van der Waals surface area contributed by atoms with Gasteiger partial charge in [0.1, 0.15) is 37.1 Å². The van der Waals surface area contributed by atoms with Crippen molar-refractivity contribution in [3.63, 3.8) is 0 Å². The summed E-state index contributed by atoms with van der Waals surface area (Å²) in [5.41, 5.74) is 1.23. The van der Waals surface area contributed by atoms with Gasteiger partial charge in [0.2, 0.25) is 0 Å². The number of halogens is 1. The van der Waals surface area contributed by atoms with Crippen molar-refractivity contribution in [2.75, 3.05) is 59.5 Å². The standard InChI is InChI=1S/C26H36ClO7P.Li.H/c1-5-29-11-14-32-20-17-22(33-15-12-30-6-2)25(23(18-20)34-16-13-31-7-3)35-26(28)24-19(4)9-8-10-21(24)27;;/h8-10,17-18,35H,5-7,11-16H2,1-4H3;;/q;+1;-1. The van der Waals surface area contributed by atoms with Gasteiger partial charge in [-0.25, -0.2) is 0 Å². The van der Waals surface area contributed by atoms with Crippen LogP contribution in [0.4, 0.5) is 0 Å². The molecule has 10 heteroatoms. The maximum Gasteiger partial charge on any atom is 1.00 e. The maximum atomic E-state index is 13.4. The summed E-state index contributed by atoms with van der Waals surface area (Å²) >= 11 is 6.37. The third-order valence-corrected chi connectivity index (χ3v) is 6.34. The predicted molar refractivity (Wildman–Crippen MR) is 142 cm³/mol. The van der Waals surface area contributed by atoms with Crippen LogP contribution in [0.15, 0.2) is 30.3 Å². The summed E-state index contributed by atoms with van der Waals surface area (Å²) in [6, 6.07) is 8.99. The molecule has 0 aliphatic rings. The van der Waals surface area contributed by atoms with Crippen LogP contribution in [0, 0.1) is 6.92 Å². The summed E-state index contributed by atoms with van der Waals surface area (Å²) in [5, 5.41) is 1.08. The zero-order valence-corrected chi connectivity index (χ0v) is 23.7. The molecule has 0 aliphatic carbocycles. The molecule has 0 radical (unpaired) electrons. The largest absolute Gasteiger partial charge is 1.00 e. The minimum absolute atomic E-state index is 0. The number of benzene rings is 2. The number of rotatable bonds is 18. The van der Waals surface area contributed by atoms with Crippen molar-refractivity contribution < 1.29 is 53.5 Å². The first-order chi connectivity index (χ1) is 17.0. The SMILES string of the molecule is CCOCCOc1cc(OCCOCC)c(PC(=O)c2c(C)cccc2Cl)c(OCCOCC)c1.[H-].[Li+]. The molecular weight excluding hydrogens is 498 g/mol. The van der Waals surface area contributed by atoms with Gasteiger partial charge >= 0.3 is 18.9 Å². The molecule has 2 aromatic rings. The molecule has 0 bridgehead atoms. The third kappa shape index (κ3) is 11.0. The van der Waals surface area contributed by atoms with Crippen LogP contribution in [0.5, 0.6) is 17.2 Å². The zero-order valence-electron chi connectivity index (χ0n) is 23.0. The number of hydrogen-bond donors (Lipinski definition) is 0. The minimum atomic E-state index is -0.266. The monoisotopic (exact) mass is 534 g/mol. The molecule has 0 aromatic heterocycles. The maximum absolute atomic E-state index is 13.4. The number of carbonyl (C=O) groups excluding carboxylic acids is 1. The van der Waals surface area contributed by atoms with Crippen LogP contribution in [0.3, 0.4) is 0 Å². The van der Waals surface area contributed by atoms with E-state index in [1.165, 1.54) is 0 Å². The Bertz CT molecular complexity index is 883. The van der Waals surface area contributed by atoms with E-state index in [1.807, 2.05) is 39.8 Å². The van der Waals surface area contributed by atoms with Gasteiger partial charge in [0, 0.05) is 37.5 Å². The molecule has 196 valence electrons. The first kappa shape index (κ1) is 32.7. The molecule has 0 spiro atoms. The molecule has 0 heterocycles. The number of carbonyl (C=O) groups is 1. The molecule has 1 atom stereocenters. The molecule has 0 amide bonds. The van der Waals surface area contributed by atoms with Crippen LogP contribution in [0.2, 0.25) is 5.02 Å². The van der Waals surface area contributed by atoms with Crippen LogP contribution in [-0.4, -0.2) is 65.0 Å². The van der Waals surface area contributed by atoms with Crippen LogP contribution < -0.4 is 38.4 Å². The van der Waals surface area contributed by atoms with Crippen LogP contribution in [0.25, 0.3) is 0 Å². The van der Waals surface area contributed by atoms with Gasteiger partial charge in [0.05, 0.1) is 30.1 Å². The van der Waals surface area contributed by atoms with Crippen molar-refractivity contribution in [3.05, 3.63) is 46.5 Å². The Morgan fingerprint density at radius 1 is 0.833 bits per heavy atom. The van der Waals surface area contributed by atoms with Crippen LogP contribution in [-0.2, 0) is 14.2 Å². The summed E-state index contributed by atoms with van der Waals surface area (Å²) in [5.74, 6) is 1.60. The number of hydrogen-bond acceptors (Lipinski definition) is 7. The van der Waals surface area contributed by atoms with E-state index in [4.69, 9.17) is 40.0 Å². The summed E-state index contributed by atoms with van der Waals surface area (Å²) in [6.07, 6.45) is 0. The topological polar surface area (TPSA) is 72.5 Å². The second-order valence-corrected chi connectivity index (χ2v) is 8.93. The van der Waals surface area contributed by atoms with E-state index in [-0.39, 0.29) is 34.4 Å². The van der Waals surface area contributed by atoms with Gasteiger partial charge in [-0.1, -0.05) is 23.7 Å². The Morgan fingerprint density at radius 2 is 1.33 bits per heavy atom. The van der Waals surface area contributed by atoms with Crippen LogP contribution in [0.1, 0.15) is 38.1 Å². The van der Waals surface area contributed by atoms with Gasteiger partial charge in [-0.15, -0.1) is 0 Å². The first-order valence-electron chi connectivity index (χ1n) is 11.9. The molecule has 0 N–H and O–H groups in total. The van der Waals surface area contributed by atoms with E-state index in [9.17, 15) is 4.79 Å². The Kier molecular flexibility index (Phi) is 17.2. The average molecular weight is 535 g/mol. The van der Waals surface area contributed by atoms with E-state index in [1.54, 1.807) is 18.2 Å². The molecule has 0 fully saturated rings. The van der Waals surface area contributed by atoms with Gasteiger partial charge in [0.25, 0.3) is 0 Å². The smallest absolute Gasteiger partial charge is 1.00 e. The van der Waals surface area contributed by atoms with Crippen molar-refractivity contribution >= 4 is 31.0 Å². The molecule has 0 saturated heterocycles. The molecule has 2 aromatic carbocycles. The Balaban J connectivity index is 0.00000648. The fraction of sp³-hybridized carbons (Fsp3) is 0.500. The normalized spacial score (nSPS) is 10.9. The second kappa shape index (κ2) is 18.9. The molecule has 1 unspecified atom stereocenters. The summed E-state index contributed by atoms with van der Waals surface area (Å²) in [4.78, 5) is 13.4. The van der Waals surface area contributed by atoms with Gasteiger partial charge < -0.3 is 29.8 Å². The number of ether oxygens (including phenoxy) is 6. The van der Waals surface area contributed by atoms with E-state index in [0.29, 0.717) is 92.6 Å². The molecule has 0 saturated carbocycles. The van der Waals surface area contributed by atoms with Crippen molar-refractivity contribution in [2.45, 2.75) is 27.7 Å². The van der Waals surface area contributed by atoms with Crippen molar-refractivity contribution in [1.82, 2.24) is 0 Å². The summed E-state index contributed by atoms with van der Waals surface area (Å²) in [6.45, 7) is 11.8. The van der Waals surface area contributed by atoms with Crippen molar-refractivity contribution in [2.24, 2.45) is 0 Å². The molecule has 36 heavy (non-hydrogen) atoms. The molecule has 2 rings (SSSR count). The third-order valence-electron chi connectivity index (χ3n) is 4.81. The zero-order chi connectivity index (χ0) is 25.5. The van der Waals surface area contributed by atoms with E-state index in [0.717, 1.165) is 5.56 Å². The average Bonchev–Trinajstić information content (AvgIpc) is 2.84.